The number of carbonyl (C=O) groups is 2. The van der Waals surface area contributed by atoms with Crippen molar-refractivity contribution in [3.63, 3.8) is 0 Å². The first-order chi connectivity index (χ1) is 11.5. The lowest BCUT2D eigenvalue weighted by atomic mass is 10.2. The fourth-order valence-corrected chi connectivity index (χ4v) is 2.94. The summed E-state index contributed by atoms with van der Waals surface area (Å²) in [6, 6.07) is 3.45. The Kier molecular flexibility index (Phi) is 7.36. The van der Waals surface area contributed by atoms with Crippen molar-refractivity contribution in [2.45, 2.75) is 37.8 Å². The van der Waals surface area contributed by atoms with E-state index in [-0.39, 0.29) is 21.5 Å². The van der Waals surface area contributed by atoms with E-state index in [4.69, 9.17) is 16.3 Å². The Labute approximate surface area is 152 Å². The highest BCUT2D eigenvalue weighted by atomic mass is 35.5. The number of nitrogens with zero attached hydrogens (tertiary/aromatic N) is 1. The standard InChI is InChI=1S/C15H21ClN2O6S/c1-9(2)17-14(19)10(3)24-15(20)12-8-11(6-7-13(12)16)25(21,22)18(4)23-5/h6-10H,1-5H3,(H,17,19)/t10-/m0/s1. The van der Waals surface area contributed by atoms with Crippen molar-refractivity contribution in [1.29, 1.82) is 0 Å². The fraction of sp³-hybridized carbons (Fsp3) is 0.467. The Bertz CT molecular complexity index is 750. The van der Waals surface area contributed by atoms with Gasteiger partial charge in [0.2, 0.25) is 0 Å². The minimum Gasteiger partial charge on any atom is -0.449 e. The largest absolute Gasteiger partial charge is 0.449 e. The van der Waals surface area contributed by atoms with E-state index in [1.807, 2.05) is 0 Å². The molecule has 1 atom stereocenters. The quantitative estimate of drug-likeness (QED) is 0.558. The van der Waals surface area contributed by atoms with Crippen LogP contribution in [-0.2, 0) is 24.4 Å². The maximum absolute atomic E-state index is 12.3. The highest BCUT2D eigenvalue weighted by Crippen LogP contribution is 2.23. The highest BCUT2D eigenvalue weighted by Gasteiger charge is 2.25. The van der Waals surface area contributed by atoms with Gasteiger partial charge in [0.1, 0.15) is 0 Å². The Balaban J connectivity index is 3.07. The lowest BCUT2D eigenvalue weighted by Crippen LogP contribution is -2.39. The van der Waals surface area contributed by atoms with E-state index in [2.05, 4.69) is 10.2 Å². The molecule has 1 N–H and O–H groups in total. The second-order valence-corrected chi connectivity index (χ2v) is 7.79. The van der Waals surface area contributed by atoms with Crippen molar-refractivity contribution in [2.24, 2.45) is 0 Å². The maximum Gasteiger partial charge on any atom is 0.340 e. The van der Waals surface area contributed by atoms with E-state index in [0.29, 0.717) is 4.47 Å². The van der Waals surface area contributed by atoms with Gasteiger partial charge in [-0.15, -0.1) is 0 Å². The van der Waals surface area contributed by atoms with Gasteiger partial charge in [0.25, 0.3) is 15.9 Å². The first kappa shape index (κ1) is 21.4. The third-order valence-corrected chi connectivity index (χ3v) is 5.14. The second kappa shape index (κ2) is 8.61. The number of rotatable bonds is 7. The predicted molar refractivity (Wildman–Crippen MR) is 91.6 cm³/mol. The number of hydroxylamine groups is 1. The summed E-state index contributed by atoms with van der Waals surface area (Å²) < 4.78 is 30.2. The Morgan fingerprint density at radius 3 is 2.36 bits per heavy atom. The van der Waals surface area contributed by atoms with E-state index >= 15 is 0 Å². The molecule has 8 nitrogen and oxygen atoms in total. The second-order valence-electron chi connectivity index (χ2n) is 5.45. The molecule has 0 unspecified atom stereocenters. The molecule has 1 amide bonds. The topological polar surface area (TPSA) is 102 Å². The summed E-state index contributed by atoms with van der Waals surface area (Å²) in [4.78, 5) is 28.6. The van der Waals surface area contributed by atoms with Crippen molar-refractivity contribution in [1.82, 2.24) is 9.79 Å². The van der Waals surface area contributed by atoms with E-state index in [0.717, 1.165) is 6.07 Å². The highest BCUT2D eigenvalue weighted by molar-refractivity contribution is 7.89. The molecule has 0 saturated carbocycles. The number of amides is 1. The van der Waals surface area contributed by atoms with Crippen LogP contribution in [-0.4, -0.2) is 51.1 Å². The fourth-order valence-electron chi connectivity index (χ4n) is 1.75. The van der Waals surface area contributed by atoms with Crippen LogP contribution in [0, 0.1) is 0 Å². The maximum atomic E-state index is 12.3. The van der Waals surface area contributed by atoms with Crippen LogP contribution in [0.3, 0.4) is 0 Å². The minimum atomic E-state index is -3.96. The molecule has 0 saturated heterocycles. The van der Waals surface area contributed by atoms with Gasteiger partial charge < -0.3 is 10.1 Å². The molecular formula is C15H21ClN2O6S. The molecule has 0 aliphatic rings. The summed E-state index contributed by atoms with van der Waals surface area (Å²) in [6.07, 6.45) is -1.06. The summed E-state index contributed by atoms with van der Waals surface area (Å²) in [7, 11) is -1.56. The van der Waals surface area contributed by atoms with E-state index in [1.54, 1.807) is 13.8 Å². The van der Waals surface area contributed by atoms with Gasteiger partial charge in [-0.1, -0.05) is 16.1 Å². The molecule has 0 aromatic heterocycles. The number of esters is 1. The molecule has 1 rings (SSSR count). The number of hydrogen-bond donors (Lipinski definition) is 1. The number of halogens is 1. The van der Waals surface area contributed by atoms with Crippen molar-refractivity contribution in [3.8, 4) is 0 Å². The molecule has 0 bridgehead atoms. The van der Waals surface area contributed by atoms with Crippen molar-refractivity contribution in [3.05, 3.63) is 28.8 Å². The Morgan fingerprint density at radius 2 is 1.84 bits per heavy atom. The van der Waals surface area contributed by atoms with Crippen LogP contribution in [0.1, 0.15) is 31.1 Å². The lowest BCUT2D eigenvalue weighted by Gasteiger charge is -2.17. The van der Waals surface area contributed by atoms with Crippen LogP contribution >= 0.6 is 11.6 Å². The zero-order chi connectivity index (χ0) is 19.4. The van der Waals surface area contributed by atoms with Crippen molar-refractivity contribution >= 4 is 33.5 Å². The third kappa shape index (κ3) is 5.40. The molecule has 0 aliphatic heterocycles. The van der Waals surface area contributed by atoms with Crippen LogP contribution in [0.15, 0.2) is 23.1 Å². The van der Waals surface area contributed by atoms with Gasteiger partial charge in [-0.25, -0.2) is 13.2 Å². The lowest BCUT2D eigenvalue weighted by molar-refractivity contribution is -0.129. The monoisotopic (exact) mass is 392 g/mol. The van der Waals surface area contributed by atoms with Crippen molar-refractivity contribution < 1.29 is 27.6 Å². The molecule has 25 heavy (non-hydrogen) atoms. The van der Waals surface area contributed by atoms with E-state index in [9.17, 15) is 18.0 Å². The molecule has 0 radical (unpaired) electrons. The normalized spacial score (nSPS) is 13.0. The Hall–Kier alpha value is -1.68. The average Bonchev–Trinajstić information content (AvgIpc) is 2.53. The summed E-state index contributed by atoms with van der Waals surface area (Å²) in [6.45, 7) is 4.94. The van der Waals surface area contributed by atoms with Gasteiger partial charge in [-0.05, 0) is 39.0 Å². The molecule has 10 heteroatoms. The molecule has 0 spiro atoms. The van der Waals surface area contributed by atoms with Crippen LogP contribution < -0.4 is 5.32 Å². The van der Waals surface area contributed by atoms with E-state index < -0.39 is 28.0 Å². The van der Waals surface area contributed by atoms with Crippen molar-refractivity contribution in [2.75, 3.05) is 14.2 Å². The number of sulfonamides is 1. The number of benzene rings is 1. The summed E-state index contributed by atoms with van der Waals surface area (Å²) in [5.41, 5.74) is -0.170. The zero-order valence-corrected chi connectivity index (χ0v) is 16.1. The average molecular weight is 393 g/mol. The van der Waals surface area contributed by atoms with Gasteiger partial charge in [-0.2, -0.15) is 0 Å². The molecule has 0 fully saturated rings. The van der Waals surface area contributed by atoms with Crippen LogP contribution in [0.2, 0.25) is 5.02 Å². The smallest absolute Gasteiger partial charge is 0.340 e. The third-order valence-electron chi connectivity index (χ3n) is 3.14. The summed E-state index contributed by atoms with van der Waals surface area (Å²) >= 11 is 5.96. The van der Waals surface area contributed by atoms with Gasteiger partial charge >= 0.3 is 5.97 Å². The number of ether oxygens (including phenoxy) is 1. The Morgan fingerprint density at radius 1 is 1.24 bits per heavy atom. The minimum absolute atomic E-state index is 0.000452. The number of hydrogen-bond acceptors (Lipinski definition) is 6. The molecule has 140 valence electrons. The SMILES string of the molecule is CON(C)S(=O)(=O)c1ccc(Cl)c(C(=O)O[C@@H](C)C(=O)NC(C)C)c1. The molecule has 0 heterocycles. The zero-order valence-electron chi connectivity index (χ0n) is 14.6. The first-order valence-electron chi connectivity index (χ1n) is 7.34. The summed E-state index contributed by atoms with van der Waals surface area (Å²) in [5, 5.41) is 2.60. The van der Waals surface area contributed by atoms with E-state index in [1.165, 1.54) is 33.2 Å². The predicted octanol–water partition coefficient (Wildman–Crippen LogP) is 1.59. The number of carbonyl (C=O) groups excluding carboxylic acids is 2. The molecule has 1 aromatic rings. The molecule has 0 aliphatic carbocycles. The van der Waals surface area contributed by atoms with Gasteiger partial charge in [-0.3, -0.25) is 9.63 Å². The first-order valence-corrected chi connectivity index (χ1v) is 9.16. The molecular weight excluding hydrogens is 372 g/mol. The van der Waals surface area contributed by atoms with Crippen LogP contribution in [0.5, 0.6) is 0 Å². The van der Waals surface area contributed by atoms with Gasteiger partial charge in [0.05, 0.1) is 22.6 Å². The molecule has 1 aromatic carbocycles. The van der Waals surface area contributed by atoms with Crippen LogP contribution in [0.25, 0.3) is 0 Å². The van der Waals surface area contributed by atoms with Gasteiger partial charge in [0.15, 0.2) is 6.10 Å². The summed E-state index contributed by atoms with van der Waals surface area (Å²) in [5.74, 6) is -1.38. The van der Waals surface area contributed by atoms with Gasteiger partial charge in [0, 0.05) is 13.1 Å². The number of nitrogens with one attached hydrogen (secondary N) is 1. The van der Waals surface area contributed by atoms with Crippen LogP contribution in [0.4, 0.5) is 0 Å².